The number of hydrogen-bond acceptors (Lipinski definition) is 5. The van der Waals surface area contributed by atoms with Gasteiger partial charge in [-0.3, -0.25) is 14.2 Å². The second-order valence-corrected chi connectivity index (χ2v) is 6.26. The lowest BCUT2D eigenvalue weighted by Crippen LogP contribution is -2.29. The summed E-state index contributed by atoms with van der Waals surface area (Å²) in [6.45, 7) is 9.06. The van der Waals surface area contributed by atoms with E-state index in [1.165, 1.54) is 15.9 Å². The largest absolute Gasteiger partial charge is 0.462 e. The van der Waals surface area contributed by atoms with Gasteiger partial charge in [0, 0.05) is 4.88 Å². The number of carbonyl (C=O) groups is 1. The number of nitrogens with zero attached hydrogens (tertiary/aromatic N) is 2. The van der Waals surface area contributed by atoms with Gasteiger partial charge in [-0.25, -0.2) is 4.98 Å². The minimum Gasteiger partial charge on any atom is -0.462 e. The highest BCUT2D eigenvalue weighted by molar-refractivity contribution is 7.18. The Balaban J connectivity index is 2.51. The molecule has 0 saturated carbocycles. The number of hydrogen-bond donors (Lipinski definition) is 0. The molecule has 0 atom stereocenters. The maximum Gasteiger partial charge on any atom is 0.326 e. The van der Waals surface area contributed by atoms with E-state index in [1.807, 2.05) is 13.8 Å². The Labute approximate surface area is 121 Å². The van der Waals surface area contributed by atoms with E-state index in [0.717, 1.165) is 15.3 Å². The lowest BCUT2D eigenvalue weighted by molar-refractivity contribution is -0.148. The quantitative estimate of drug-likeness (QED) is 0.815. The van der Waals surface area contributed by atoms with Crippen LogP contribution in [-0.4, -0.2) is 21.6 Å². The summed E-state index contributed by atoms with van der Waals surface area (Å²) in [6.07, 6.45) is -0.194. The van der Waals surface area contributed by atoms with Crippen molar-refractivity contribution in [2.45, 2.75) is 47.3 Å². The van der Waals surface area contributed by atoms with Crippen molar-refractivity contribution in [3.63, 3.8) is 0 Å². The molecule has 2 aromatic heterocycles. The van der Waals surface area contributed by atoms with Gasteiger partial charge in [0.1, 0.15) is 17.2 Å². The monoisotopic (exact) mass is 294 g/mol. The van der Waals surface area contributed by atoms with Gasteiger partial charge in [-0.1, -0.05) is 0 Å². The highest BCUT2D eigenvalue weighted by Gasteiger charge is 2.17. The van der Waals surface area contributed by atoms with Crippen molar-refractivity contribution in [1.29, 1.82) is 0 Å². The molecule has 0 bridgehead atoms. The molecule has 0 spiro atoms. The molecule has 5 nitrogen and oxygen atoms in total. The molecule has 0 aliphatic rings. The zero-order chi connectivity index (χ0) is 15.0. The van der Waals surface area contributed by atoms with Crippen molar-refractivity contribution in [3.8, 4) is 0 Å². The van der Waals surface area contributed by atoms with Crippen LogP contribution in [0.4, 0.5) is 0 Å². The first-order valence-corrected chi connectivity index (χ1v) is 7.29. The standard InChI is InChI=1S/C14H18N2O3S/c1-7(2)19-11(17)6-16-10(5)15-13-12(14(16)18)8(3)9(4)20-13/h7H,6H2,1-5H3. The number of carbonyl (C=O) groups excluding carboxylic acids is 1. The van der Waals surface area contributed by atoms with Gasteiger partial charge in [-0.2, -0.15) is 0 Å². The molecule has 108 valence electrons. The summed E-state index contributed by atoms with van der Waals surface area (Å²) in [6, 6.07) is 0. The van der Waals surface area contributed by atoms with E-state index in [0.29, 0.717) is 11.2 Å². The number of esters is 1. The third kappa shape index (κ3) is 2.60. The Morgan fingerprint density at radius 2 is 2.00 bits per heavy atom. The molecule has 0 amide bonds. The molecule has 0 N–H and O–H groups in total. The topological polar surface area (TPSA) is 61.2 Å². The summed E-state index contributed by atoms with van der Waals surface area (Å²) >= 11 is 1.50. The number of rotatable bonds is 3. The molecule has 6 heteroatoms. The van der Waals surface area contributed by atoms with Gasteiger partial charge in [-0.05, 0) is 40.2 Å². The second-order valence-electron chi connectivity index (χ2n) is 5.05. The summed E-state index contributed by atoms with van der Waals surface area (Å²) < 4.78 is 6.47. The maximum atomic E-state index is 12.5. The van der Waals surface area contributed by atoms with Crippen molar-refractivity contribution in [2.75, 3.05) is 0 Å². The van der Waals surface area contributed by atoms with Gasteiger partial charge in [0.25, 0.3) is 5.56 Å². The second kappa shape index (κ2) is 5.36. The lowest BCUT2D eigenvalue weighted by atomic mass is 10.2. The van der Waals surface area contributed by atoms with Crippen LogP contribution in [0.2, 0.25) is 0 Å². The van der Waals surface area contributed by atoms with Gasteiger partial charge in [0.15, 0.2) is 0 Å². The van der Waals surface area contributed by atoms with E-state index < -0.39 is 5.97 Å². The molecule has 0 aliphatic carbocycles. The Morgan fingerprint density at radius 3 is 2.60 bits per heavy atom. The Bertz CT molecular complexity index is 728. The molecule has 0 saturated heterocycles. The predicted octanol–water partition coefficient (Wildman–Crippen LogP) is 2.33. The van der Waals surface area contributed by atoms with Gasteiger partial charge in [0.05, 0.1) is 11.5 Å². The Morgan fingerprint density at radius 1 is 1.35 bits per heavy atom. The minimum absolute atomic E-state index is 0.0971. The van der Waals surface area contributed by atoms with Gasteiger partial charge in [-0.15, -0.1) is 11.3 Å². The van der Waals surface area contributed by atoms with Crippen LogP contribution < -0.4 is 5.56 Å². The molecule has 20 heavy (non-hydrogen) atoms. The maximum absolute atomic E-state index is 12.5. The van der Waals surface area contributed by atoms with E-state index in [9.17, 15) is 9.59 Å². The molecule has 0 fully saturated rings. The first-order chi connectivity index (χ1) is 9.31. The van der Waals surface area contributed by atoms with Crippen LogP contribution in [0.1, 0.15) is 30.1 Å². The van der Waals surface area contributed by atoms with Crippen molar-refractivity contribution in [1.82, 2.24) is 9.55 Å². The normalized spacial score (nSPS) is 11.3. The van der Waals surface area contributed by atoms with E-state index in [2.05, 4.69) is 4.98 Å². The van der Waals surface area contributed by atoms with Crippen LogP contribution in [0.3, 0.4) is 0 Å². The van der Waals surface area contributed by atoms with Gasteiger partial charge >= 0.3 is 5.97 Å². The predicted molar refractivity (Wildman–Crippen MR) is 79.3 cm³/mol. The third-order valence-corrected chi connectivity index (χ3v) is 4.24. The fourth-order valence-corrected chi connectivity index (χ4v) is 3.11. The Kier molecular flexibility index (Phi) is 3.94. The number of fused-ring (bicyclic) bond motifs is 1. The van der Waals surface area contributed by atoms with Crippen LogP contribution in [0, 0.1) is 20.8 Å². The van der Waals surface area contributed by atoms with Crippen LogP contribution in [0.15, 0.2) is 4.79 Å². The number of ether oxygens (including phenoxy) is 1. The summed E-state index contributed by atoms with van der Waals surface area (Å²) in [5, 5.41) is 0.607. The molecule has 2 aromatic rings. The molecule has 2 rings (SSSR count). The van der Waals surface area contributed by atoms with Crippen molar-refractivity contribution in [2.24, 2.45) is 0 Å². The Hall–Kier alpha value is -1.69. The zero-order valence-electron chi connectivity index (χ0n) is 12.3. The number of aryl methyl sites for hydroxylation is 3. The van der Waals surface area contributed by atoms with Crippen molar-refractivity contribution >= 4 is 27.5 Å². The molecule has 2 heterocycles. The van der Waals surface area contributed by atoms with Crippen LogP contribution >= 0.6 is 11.3 Å². The minimum atomic E-state index is -0.420. The first kappa shape index (κ1) is 14.7. The van der Waals surface area contributed by atoms with Crippen LogP contribution in [-0.2, 0) is 16.1 Å². The molecule has 0 aromatic carbocycles. The van der Waals surface area contributed by atoms with Gasteiger partial charge in [0.2, 0.25) is 0 Å². The van der Waals surface area contributed by atoms with Crippen LogP contribution in [0.5, 0.6) is 0 Å². The molecule has 0 aliphatic heterocycles. The number of thiophene rings is 1. The van der Waals surface area contributed by atoms with E-state index in [1.54, 1.807) is 20.8 Å². The first-order valence-electron chi connectivity index (χ1n) is 6.48. The van der Waals surface area contributed by atoms with E-state index >= 15 is 0 Å². The number of aromatic nitrogens is 2. The highest BCUT2D eigenvalue weighted by atomic mass is 32.1. The van der Waals surface area contributed by atoms with Crippen molar-refractivity contribution in [3.05, 3.63) is 26.6 Å². The fraction of sp³-hybridized carbons (Fsp3) is 0.500. The van der Waals surface area contributed by atoms with E-state index in [4.69, 9.17) is 4.74 Å². The molecule has 0 radical (unpaired) electrons. The summed E-state index contributed by atoms with van der Waals surface area (Å²) in [5.41, 5.74) is 0.767. The summed E-state index contributed by atoms with van der Waals surface area (Å²) in [4.78, 5) is 30.5. The molecular weight excluding hydrogens is 276 g/mol. The zero-order valence-corrected chi connectivity index (χ0v) is 13.1. The lowest BCUT2D eigenvalue weighted by Gasteiger charge is -2.11. The summed E-state index contributed by atoms with van der Waals surface area (Å²) in [7, 11) is 0. The highest BCUT2D eigenvalue weighted by Crippen LogP contribution is 2.26. The van der Waals surface area contributed by atoms with E-state index in [-0.39, 0.29) is 18.2 Å². The fourth-order valence-electron chi connectivity index (χ4n) is 2.04. The van der Waals surface area contributed by atoms with Gasteiger partial charge < -0.3 is 4.74 Å². The van der Waals surface area contributed by atoms with Crippen LogP contribution in [0.25, 0.3) is 10.2 Å². The molecule has 0 unspecified atom stereocenters. The summed E-state index contributed by atoms with van der Waals surface area (Å²) in [5.74, 6) is 0.111. The third-order valence-electron chi connectivity index (χ3n) is 3.13. The SMILES string of the molecule is Cc1sc2nc(C)n(CC(=O)OC(C)C)c(=O)c2c1C. The smallest absolute Gasteiger partial charge is 0.326 e. The van der Waals surface area contributed by atoms with Crippen molar-refractivity contribution < 1.29 is 9.53 Å². The molecular formula is C14H18N2O3S. The average Bonchev–Trinajstić information content (AvgIpc) is 2.59. The average molecular weight is 294 g/mol.